The molecule has 0 aliphatic heterocycles. The van der Waals surface area contributed by atoms with Crippen molar-refractivity contribution in [2.75, 3.05) is 6.61 Å². The van der Waals surface area contributed by atoms with E-state index in [-0.39, 0.29) is 0 Å². The Balaban J connectivity index is 2.50. The van der Waals surface area contributed by atoms with E-state index >= 15 is 0 Å². The molecule has 4 nitrogen and oxygen atoms in total. The van der Waals surface area contributed by atoms with E-state index in [1.54, 1.807) is 32.0 Å². The Morgan fingerprint density at radius 3 is 2.89 bits per heavy atom. The van der Waals surface area contributed by atoms with Crippen LogP contribution >= 0.6 is 27.5 Å². The van der Waals surface area contributed by atoms with Crippen LogP contribution in [0.25, 0.3) is 11.3 Å². The summed E-state index contributed by atoms with van der Waals surface area (Å²) in [5.74, 6) is -0.0252. The minimum atomic E-state index is -0.449. The molecule has 1 heterocycles. The molecular weight excluding hydrogens is 334 g/mol. The Kier molecular flexibility index (Phi) is 4.27. The van der Waals surface area contributed by atoms with Gasteiger partial charge in [0.2, 0.25) is 0 Å². The summed E-state index contributed by atoms with van der Waals surface area (Å²) in [6.45, 7) is 3.71. The summed E-state index contributed by atoms with van der Waals surface area (Å²) in [7, 11) is 0. The summed E-state index contributed by atoms with van der Waals surface area (Å²) in [5.41, 5.74) is 1.47. The molecule has 19 heavy (non-hydrogen) atoms. The van der Waals surface area contributed by atoms with Crippen LogP contribution < -0.4 is 0 Å². The fraction of sp³-hybridized carbons (Fsp3) is 0.231. The average molecular weight is 345 g/mol. The van der Waals surface area contributed by atoms with Gasteiger partial charge in [0.25, 0.3) is 0 Å². The van der Waals surface area contributed by atoms with Gasteiger partial charge in [0.15, 0.2) is 0 Å². The lowest BCUT2D eigenvalue weighted by Gasteiger charge is -2.04. The van der Waals surface area contributed by atoms with Gasteiger partial charge in [-0.15, -0.1) is 0 Å². The number of hydrogen-bond acceptors (Lipinski definition) is 4. The third-order valence-electron chi connectivity index (χ3n) is 2.54. The van der Waals surface area contributed by atoms with Crippen molar-refractivity contribution in [1.82, 2.24) is 5.16 Å². The quantitative estimate of drug-likeness (QED) is 0.781. The minimum absolute atomic E-state index is 0.296. The van der Waals surface area contributed by atoms with Gasteiger partial charge in [-0.25, -0.2) is 4.79 Å². The maximum atomic E-state index is 11.9. The highest BCUT2D eigenvalue weighted by molar-refractivity contribution is 9.10. The monoisotopic (exact) mass is 343 g/mol. The number of nitrogens with zero attached hydrogens (tertiary/aromatic N) is 1. The molecule has 0 radical (unpaired) electrons. The number of rotatable bonds is 3. The number of aromatic nitrogens is 1. The highest BCUT2D eigenvalue weighted by atomic mass is 79.9. The third-order valence-corrected chi connectivity index (χ3v) is 3.77. The van der Waals surface area contributed by atoms with Crippen molar-refractivity contribution in [3.05, 3.63) is 39.0 Å². The molecule has 1 aromatic carbocycles. The summed E-state index contributed by atoms with van der Waals surface area (Å²) in [6.07, 6.45) is 0. The van der Waals surface area contributed by atoms with E-state index in [2.05, 4.69) is 21.1 Å². The van der Waals surface area contributed by atoms with Crippen molar-refractivity contribution in [2.24, 2.45) is 0 Å². The van der Waals surface area contributed by atoms with Crippen LogP contribution in [0.15, 0.2) is 27.2 Å². The summed E-state index contributed by atoms with van der Waals surface area (Å²) in [6, 6.07) is 5.30. The van der Waals surface area contributed by atoms with Gasteiger partial charge in [-0.1, -0.05) is 22.8 Å². The van der Waals surface area contributed by atoms with Crippen LogP contribution in [0.3, 0.4) is 0 Å². The van der Waals surface area contributed by atoms with Gasteiger partial charge in [-0.3, -0.25) is 0 Å². The molecule has 6 heteroatoms. The molecule has 100 valence electrons. The molecule has 0 aliphatic carbocycles. The molecule has 0 aliphatic rings. The average Bonchev–Trinajstić information content (AvgIpc) is 2.75. The number of halogens is 2. The second kappa shape index (κ2) is 5.75. The van der Waals surface area contributed by atoms with Crippen molar-refractivity contribution in [1.29, 1.82) is 0 Å². The molecule has 0 amide bonds. The summed E-state index contributed by atoms with van der Waals surface area (Å²) < 4.78 is 10.9. The topological polar surface area (TPSA) is 52.3 Å². The van der Waals surface area contributed by atoms with Crippen molar-refractivity contribution < 1.29 is 14.1 Å². The van der Waals surface area contributed by atoms with Gasteiger partial charge in [0.05, 0.1) is 11.6 Å². The largest absolute Gasteiger partial charge is 0.462 e. The Hall–Kier alpha value is -1.33. The van der Waals surface area contributed by atoms with Gasteiger partial charge in [0.1, 0.15) is 17.0 Å². The van der Waals surface area contributed by atoms with Gasteiger partial charge in [0, 0.05) is 10.0 Å². The van der Waals surface area contributed by atoms with Crippen LogP contribution in [0.1, 0.15) is 23.0 Å². The highest BCUT2D eigenvalue weighted by Crippen LogP contribution is 2.31. The van der Waals surface area contributed by atoms with Crippen LogP contribution in [0.5, 0.6) is 0 Å². The zero-order valence-corrected chi connectivity index (χ0v) is 12.7. The number of carbonyl (C=O) groups is 1. The van der Waals surface area contributed by atoms with Gasteiger partial charge in [-0.05, 0) is 41.9 Å². The van der Waals surface area contributed by atoms with E-state index in [4.69, 9.17) is 20.9 Å². The van der Waals surface area contributed by atoms with E-state index in [0.717, 1.165) is 4.47 Å². The van der Waals surface area contributed by atoms with Gasteiger partial charge in [-0.2, -0.15) is 0 Å². The van der Waals surface area contributed by atoms with E-state index in [1.807, 2.05) is 0 Å². The molecule has 2 aromatic rings. The molecule has 0 fully saturated rings. The Morgan fingerprint density at radius 2 is 2.26 bits per heavy atom. The molecular formula is C13H11BrClNO3. The fourth-order valence-corrected chi connectivity index (χ4v) is 2.08. The minimum Gasteiger partial charge on any atom is -0.462 e. The van der Waals surface area contributed by atoms with Crippen molar-refractivity contribution in [2.45, 2.75) is 13.8 Å². The molecule has 0 unspecified atom stereocenters. The first-order valence-corrected chi connectivity index (χ1v) is 6.80. The summed E-state index contributed by atoms with van der Waals surface area (Å²) >= 11 is 9.35. The molecule has 0 spiro atoms. The zero-order valence-electron chi connectivity index (χ0n) is 10.4. The van der Waals surface area contributed by atoms with Crippen LogP contribution in [0, 0.1) is 6.92 Å². The molecule has 1 aromatic heterocycles. The van der Waals surface area contributed by atoms with E-state index in [0.29, 0.717) is 34.2 Å². The molecule has 0 N–H and O–H groups in total. The van der Waals surface area contributed by atoms with Crippen LogP contribution in [-0.4, -0.2) is 17.7 Å². The summed E-state index contributed by atoms with van der Waals surface area (Å²) in [4.78, 5) is 11.9. The molecule has 2 rings (SSSR count). The van der Waals surface area contributed by atoms with E-state index < -0.39 is 5.97 Å². The number of benzene rings is 1. The van der Waals surface area contributed by atoms with Crippen molar-refractivity contribution >= 4 is 33.5 Å². The lowest BCUT2D eigenvalue weighted by Crippen LogP contribution is -2.06. The molecule has 0 bridgehead atoms. The third kappa shape index (κ3) is 2.82. The second-order valence-electron chi connectivity index (χ2n) is 3.81. The molecule has 0 atom stereocenters. The predicted molar refractivity (Wildman–Crippen MR) is 75.3 cm³/mol. The number of hydrogen-bond donors (Lipinski definition) is 0. The first-order chi connectivity index (χ1) is 9.04. The van der Waals surface area contributed by atoms with Crippen molar-refractivity contribution in [3.8, 4) is 11.3 Å². The lowest BCUT2D eigenvalue weighted by atomic mass is 10.1. The lowest BCUT2D eigenvalue weighted by molar-refractivity contribution is 0.0525. The van der Waals surface area contributed by atoms with E-state index in [9.17, 15) is 4.79 Å². The van der Waals surface area contributed by atoms with Gasteiger partial charge >= 0.3 is 5.97 Å². The fourth-order valence-electron chi connectivity index (χ4n) is 1.66. The second-order valence-corrected chi connectivity index (χ2v) is 5.07. The maximum absolute atomic E-state index is 11.9. The van der Waals surface area contributed by atoms with Crippen LogP contribution in [0.4, 0.5) is 0 Å². The van der Waals surface area contributed by atoms with Crippen LogP contribution in [0.2, 0.25) is 5.02 Å². The SMILES string of the molecule is CCOC(=O)c1c(-c2ccc(Br)c(Cl)c2)noc1C. The number of esters is 1. The maximum Gasteiger partial charge on any atom is 0.344 e. The Bertz CT molecular complexity index is 624. The highest BCUT2D eigenvalue weighted by Gasteiger charge is 2.22. The van der Waals surface area contributed by atoms with Crippen molar-refractivity contribution in [3.63, 3.8) is 0 Å². The first kappa shape index (κ1) is 14.1. The molecule has 0 saturated heterocycles. The predicted octanol–water partition coefficient (Wildman–Crippen LogP) is 4.24. The number of carbonyl (C=O) groups excluding carboxylic acids is 1. The molecule has 0 saturated carbocycles. The van der Waals surface area contributed by atoms with Crippen LogP contribution in [-0.2, 0) is 4.74 Å². The standard InChI is InChI=1S/C13H11BrClNO3/c1-3-18-13(17)11-7(2)19-16-12(11)8-4-5-9(14)10(15)6-8/h4-6H,3H2,1-2H3. The Morgan fingerprint density at radius 1 is 1.53 bits per heavy atom. The first-order valence-electron chi connectivity index (χ1n) is 5.63. The smallest absolute Gasteiger partial charge is 0.344 e. The van der Waals surface area contributed by atoms with E-state index in [1.165, 1.54) is 0 Å². The Labute approximate surface area is 123 Å². The van der Waals surface area contributed by atoms with Gasteiger partial charge < -0.3 is 9.26 Å². The number of aryl methyl sites for hydroxylation is 1. The summed E-state index contributed by atoms with van der Waals surface area (Å²) in [5, 5.41) is 4.45. The zero-order chi connectivity index (χ0) is 14.0. The number of ether oxygens (including phenoxy) is 1. The normalized spacial score (nSPS) is 10.5.